The summed E-state index contributed by atoms with van der Waals surface area (Å²) in [6.07, 6.45) is 0. The van der Waals surface area contributed by atoms with Gasteiger partial charge in [-0.1, -0.05) is 44.2 Å². The van der Waals surface area contributed by atoms with Crippen LogP contribution in [0.25, 0.3) is 4.85 Å². The van der Waals surface area contributed by atoms with Crippen LogP contribution in [0.3, 0.4) is 0 Å². The first-order chi connectivity index (χ1) is 5.43. The van der Waals surface area contributed by atoms with Crippen molar-refractivity contribution in [3.05, 3.63) is 47.3 Å². The Labute approximate surface area is 68.5 Å². The predicted molar refractivity (Wildman–Crippen MR) is 48.1 cm³/mol. The molecule has 0 saturated carbocycles. The minimum atomic E-state index is 0.501. The molecule has 1 heteroatoms. The Morgan fingerprint density at radius 3 is 2.18 bits per heavy atom. The van der Waals surface area contributed by atoms with Crippen molar-refractivity contribution >= 4 is 0 Å². The molecule has 1 rings (SSSR count). The van der Waals surface area contributed by atoms with Crippen LogP contribution in [0, 0.1) is 6.57 Å². The monoisotopic (exact) mass is 147 g/mol. The van der Waals surface area contributed by atoms with Gasteiger partial charge in [0.25, 0.3) is 0 Å². The van der Waals surface area contributed by atoms with Crippen molar-refractivity contribution < 1.29 is 0 Å². The maximum atomic E-state index is 6.57. The first-order valence-corrected chi connectivity index (χ1v) is 3.80. The summed E-state index contributed by atoms with van der Waals surface area (Å²) < 4.78 is 0. The van der Waals surface area contributed by atoms with Gasteiger partial charge in [-0.2, -0.15) is 0 Å². The molecule has 0 bridgehead atoms. The molecule has 0 atom stereocenters. The smallest absolute Gasteiger partial charge is 0.239 e. The van der Waals surface area contributed by atoms with Gasteiger partial charge >= 0.3 is 0 Å². The van der Waals surface area contributed by atoms with Gasteiger partial charge in [0.05, 0.1) is 0 Å². The highest BCUT2D eigenvalue weighted by Crippen LogP contribution is 1.98. The zero-order valence-corrected chi connectivity index (χ0v) is 7.04. The third-order valence-corrected chi connectivity index (χ3v) is 1.10. The number of rotatable bonds is 1. The van der Waals surface area contributed by atoms with Crippen LogP contribution in [-0.2, 0) is 6.54 Å². The summed E-state index contributed by atoms with van der Waals surface area (Å²) in [4.78, 5) is 3.26. The molecule has 0 fully saturated rings. The Morgan fingerprint density at radius 2 is 1.73 bits per heavy atom. The first-order valence-electron chi connectivity index (χ1n) is 3.80. The van der Waals surface area contributed by atoms with Crippen LogP contribution < -0.4 is 0 Å². The molecular weight excluding hydrogens is 134 g/mol. The van der Waals surface area contributed by atoms with Gasteiger partial charge in [0.15, 0.2) is 0 Å². The van der Waals surface area contributed by atoms with E-state index in [1.165, 1.54) is 0 Å². The maximum absolute atomic E-state index is 6.57. The highest BCUT2D eigenvalue weighted by atomic mass is 14.6. The largest absolute Gasteiger partial charge is 0.312 e. The molecule has 0 N–H and O–H groups in total. The Morgan fingerprint density at radius 1 is 1.18 bits per heavy atom. The van der Waals surface area contributed by atoms with E-state index in [1.807, 2.05) is 44.2 Å². The van der Waals surface area contributed by atoms with E-state index >= 15 is 0 Å². The fourth-order valence-corrected chi connectivity index (χ4v) is 0.675. The average Bonchev–Trinajstić information content (AvgIpc) is 2.11. The van der Waals surface area contributed by atoms with Crippen molar-refractivity contribution in [1.29, 1.82) is 0 Å². The summed E-state index contributed by atoms with van der Waals surface area (Å²) >= 11 is 0. The van der Waals surface area contributed by atoms with E-state index in [0.29, 0.717) is 6.54 Å². The van der Waals surface area contributed by atoms with Crippen molar-refractivity contribution in [3.63, 3.8) is 0 Å². The molecule has 0 spiro atoms. The summed E-state index contributed by atoms with van der Waals surface area (Å²) in [5.41, 5.74) is 1.09. The summed E-state index contributed by atoms with van der Waals surface area (Å²) in [6, 6.07) is 9.75. The van der Waals surface area contributed by atoms with E-state index in [-0.39, 0.29) is 0 Å². The third kappa shape index (κ3) is 4.16. The molecule has 0 saturated heterocycles. The standard InChI is InChI=1S/C8H7N.C2H6/c1-9-7-8-5-3-2-4-6-8;1-2/h2-6H,7H2;1-2H3. The van der Waals surface area contributed by atoms with Crippen molar-refractivity contribution in [2.45, 2.75) is 20.4 Å². The lowest BCUT2D eigenvalue weighted by Gasteiger charge is -1.85. The van der Waals surface area contributed by atoms with Gasteiger partial charge in [-0.3, -0.25) is 0 Å². The van der Waals surface area contributed by atoms with Crippen molar-refractivity contribution in [2.75, 3.05) is 0 Å². The molecule has 0 aliphatic carbocycles. The van der Waals surface area contributed by atoms with E-state index in [1.54, 1.807) is 0 Å². The molecule has 11 heavy (non-hydrogen) atoms. The van der Waals surface area contributed by atoms with E-state index in [9.17, 15) is 0 Å². The Bertz CT molecular complexity index is 208. The average molecular weight is 147 g/mol. The zero-order valence-electron chi connectivity index (χ0n) is 7.04. The highest BCUT2D eigenvalue weighted by Gasteiger charge is 1.88. The van der Waals surface area contributed by atoms with Crippen molar-refractivity contribution in [3.8, 4) is 0 Å². The summed E-state index contributed by atoms with van der Waals surface area (Å²) in [5, 5.41) is 0. The molecule has 0 aromatic heterocycles. The van der Waals surface area contributed by atoms with Crippen LogP contribution in [0.5, 0.6) is 0 Å². The van der Waals surface area contributed by atoms with E-state index < -0.39 is 0 Å². The molecular formula is C10H13N. The molecule has 1 aromatic rings. The second-order valence-electron chi connectivity index (χ2n) is 1.80. The second kappa shape index (κ2) is 6.82. The van der Waals surface area contributed by atoms with Crippen molar-refractivity contribution in [1.82, 2.24) is 0 Å². The van der Waals surface area contributed by atoms with Crippen LogP contribution in [0.15, 0.2) is 30.3 Å². The second-order valence-corrected chi connectivity index (χ2v) is 1.80. The number of hydrogen-bond donors (Lipinski definition) is 0. The molecule has 0 amide bonds. The lowest BCUT2D eigenvalue weighted by atomic mass is 10.2. The van der Waals surface area contributed by atoms with E-state index in [4.69, 9.17) is 6.57 Å². The number of nitrogens with zero attached hydrogens (tertiary/aromatic N) is 1. The van der Waals surface area contributed by atoms with Gasteiger partial charge in [0, 0.05) is 5.56 Å². The SMILES string of the molecule is CC.[C-]#[N+]Cc1ccccc1. The summed E-state index contributed by atoms with van der Waals surface area (Å²) in [7, 11) is 0. The Kier molecular flexibility index (Phi) is 6.02. The molecule has 1 nitrogen and oxygen atoms in total. The fourth-order valence-electron chi connectivity index (χ4n) is 0.675. The number of hydrogen-bond acceptors (Lipinski definition) is 0. The van der Waals surface area contributed by atoms with Gasteiger partial charge < -0.3 is 4.85 Å². The molecule has 0 unspecified atom stereocenters. The van der Waals surface area contributed by atoms with Crippen LogP contribution in [0.4, 0.5) is 0 Å². The molecule has 0 aliphatic heterocycles. The van der Waals surface area contributed by atoms with Gasteiger partial charge in [-0.25, -0.2) is 6.57 Å². The van der Waals surface area contributed by atoms with Crippen LogP contribution in [-0.4, -0.2) is 0 Å². The van der Waals surface area contributed by atoms with Gasteiger partial charge in [0.2, 0.25) is 6.54 Å². The van der Waals surface area contributed by atoms with Gasteiger partial charge in [0.1, 0.15) is 0 Å². The lowest BCUT2D eigenvalue weighted by molar-refractivity contribution is 1.27. The predicted octanol–water partition coefficient (Wildman–Crippen LogP) is 3.13. The summed E-state index contributed by atoms with van der Waals surface area (Å²) in [6.45, 7) is 11.1. The molecule has 1 aromatic carbocycles. The van der Waals surface area contributed by atoms with Gasteiger partial charge in [-0.05, 0) is 0 Å². The zero-order chi connectivity index (χ0) is 8.53. The topological polar surface area (TPSA) is 4.36 Å². The van der Waals surface area contributed by atoms with E-state index in [2.05, 4.69) is 4.85 Å². The molecule has 0 heterocycles. The normalized spacial score (nSPS) is 7.36. The van der Waals surface area contributed by atoms with Crippen LogP contribution in [0.2, 0.25) is 0 Å². The van der Waals surface area contributed by atoms with Crippen molar-refractivity contribution in [2.24, 2.45) is 0 Å². The third-order valence-electron chi connectivity index (χ3n) is 1.10. The Hall–Kier alpha value is -1.29. The molecule has 0 aliphatic rings. The lowest BCUT2D eigenvalue weighted by Crippen LogP contribution is -1.74. The fraction of sp³-hybridized carbons (Fsp3) is 0.300. The highest BCUT2D eigenvalue weighted by molar-refractivity contribution is 5.15. The molecule has 0 radical (unpaired) electrons. The van der Waals surface area contributed by atoms with Crippen LogP contribution in [0.1, 0.15) is 19.4 Å². The quantitative estimate of drug-likeness (QED) is 0.537. The Balaban J connectivity index is 0.000000461. The maximum Gasteiger partial charge on any atom is 0.239 e. The number of benzene rings is 1. The van der Waals surface area contributed by atoms with Gasteiger partial charge in [-0.15, -0.1) is 0 Å². The first kappa shape index (κ1) is 9.71. The summed E-state index contributed by atoms with van der Waals surface area (Å²) in [5.74, 6) is 0. The molecule has 58 valence electrons. The minimum absolute atomic E-state index is 0.501. The van der Waals surface area contributed by atoms with E-state index in [0.717, 1.165) is 5.56 Å². The minimum Gasteiger partial charge on any atom is -0.312 e. The van der Waals surface area contributed by atoms with Crippen LogP contribution >= 0.6 is 0 Å².